The van der Waals surface area contributed by atoms with Crippen molar-refractivity contribution < 1.29 is 22.5 Å². The number of alkyl halides is 4. The summed E-state index contributed by atoms with van der Waals surface area (Å²) in [4.78, 5) is 16.4. The van der Waals surface area contributed by atoms with Crippen LogP contribution in [0.4, 0.5) is 13.2 Å². The number of halogens is 4. The second-order valence-electron chi connectivity index (χ2n) is 11.9. The maximum Gasteiger partial charge on any atom is 0.409 e. The van der Waals surface area contributed by atoms with Gasteiger partial charge in [0.1, 0.15) is 11.3 Å². The van der Waals surface area contributed by atoms with Crippen molar-refractivity contribution in [3.63, 3.8) is 0 Å². The number of rotatable bonds is 5. The summed E-state index contributed by atoms with van der Waals surface area (Å²) in [6.07, 6.45) is 2.80. The summed E-state index contributed by atoms with van der Waals surface area (Å²) in [5.74, 6) is -1.72. The highest BCUT2D eigenvalue weighted by Gasteiger charge is 2.53. The number of nitrogens with zero attached hydrogens (tertiary/aromatic N) is 3. The zero-order valence-electron chi connectivity index (χ0n) is 21.6. The monoisotopic (exact) mass is 568 g/mol. The molecule has 3 heterocycles. The molecule has 5 rings (SSSR count). The maximum atomic E-state index is 14.3. The number of nitrogens with one attached hydrogen (secondary N) is 3. The first-order valence-electron chi connectivity index (χ1n) is 13.6. The third-order valence-electron chi connectivity index (χ3n) is 9.60. The molecule has 5 fully saturated rings. The molecule has 37 heavy (non-hydrogen) atoms. The van der Waals surface area contributed by atoms with Crippen LogP contribution >= 0.6 is 11.6 Å². The quantitative estimate of drug-likeness (QED) is 0.268. The van der Waals surface area contributed by atoms with Gasteiger partial charge in [-0.15, -0.1) is 11.6 Å². The second kappa shape index (κ2) is 10.5. The van der Waals surface area contributed by atoms with Crippen LogP contribution in [-0.2, 0) is 14.9 Å². The Morgan fingerprint density at radius 2 is 1.84 bits per heavy atom. The standard InChI is InChI=1S/C24H40ClF3N6O2S/c1-32(23(35)15-10-17(11-15)37(2,29)36)22(24(26,27)28)14-5-7-16(8-6-14)33-9-3-4-18-19(33)13-30-21-12-20(25)31-34(18)21/h14-22,30-31H,3-13H2,1-2H3,(H-,29,36)/t14?,15?,16?,17?,18?,19?,20?,21?,22-,37?/m0/s1. The third-order valence-corrected chi connectivity index (χ3v) is 11.5. The van der Waals surface area contributed by atoms with Gasteiger partial charge in [0, 0.05) is 56.9 Å². The van der Waals surface area contributed by atoms with Gasteiger partial charge in [-0.2, -0.15) is 18.0 Å². The van der Waals surface area contributed by atoms with Gasteiger partial charge in [-0.25, -0.2) is 10.4 Å². The molecule has 3 saturated heterocycles. The van der Waals surface area contributed by atoms with Crippen LogP contribution in [0.25, 0.3) is 0 Å². The van der Waals surface area contributed by atoms with E-state index in [-0.39, 0.29) is 30.6 Å². The van der Waals surface area contributed by atoms with Crippen molar-refractivity contribution in [3.8, 4) is 0 Å². The Balaban J connectivity index is 1.20. The maximum absolute atomic E-state index is 14.3. The summed E-state index contributed by atoms with van der Waals surface area (Å²) >= 11 is 6.35. The molecule has 0 aromatic heterocycles. The first kappa shape index (κ1) is 28.0. The second-order valence-corrected chi connectivity index (χ2v) is 14.9. The smallest absolute Gasteiger partial charge is 0.409 e. The van der Waals surface area contributed by atoms with Crippen LogP contribution in [0, 0.1) is 16.6 Å². The molecule has 3 aliphatic heterocycles. The highest BCUT2D eigenvalue weighted by molar-refractivity contribution is 7.98. The molecule has 5 unspecified atom stereocenters. The fourth-order valence-electron chi connectivity index (χ4n) is 7.58. The van der Waals surface area contributed by atoms with Crippen molar-refractivity contribution in [3.05, 3.63) is 0 Å². The fourth-order valence-corrected chi connectivity index (χ4v) is 9.06. The minimum absolute atomic E-state index is 0.0788. The van der Waals surface area contributed by atoms with Gasteiger partial charge in [-0.1, -0.05) is 10.1 Å². The molecule has 8 nitrogen and oxygen atoms in total. The molecule has 2 saturated carbocycles. The van der Waals surface area contributed by atoms with Crippen LogP contribution in [0.3, 0.4) is 0 Å². The minimum Gasteiger partial charge on any atom is -0.631 e. The van der Waals surface area contributed by atoms with Gasteiger partial charge in [0.2, 0.25) is 5.91 Å². The van der Waals surface area contributed by atoms with Crippen molar-refractivity contribution in [2.24, 2.45) is 11.8 Å². The van der Waals surface area contributed by atoms with Gasteiger partial charge in [-0.05, 0) is 51.0 Å². The van der Waals surface area contributed by atoms with Gasteiger partial charge in [0.05, 0.1) is 17.9 Å². The Morgan fingerprint density at radius 1 is 1.16 bits per heavy atom. The number of hydrogen-bond donors (Lipinski definition) is 3. The van der Waals surface area contributed by atoms with Gasteiger partial charge in [0.15, 0.2) is 0 Å². The van der Waals surface area contributed by atoms with Crippen LogP contribution in [0.2, 0.25) is 0 Å². The molecule has 5 aliphatic rings. The van der Waals surface area contributed by atoms with E-state index in [0.717, 1.165) is 37.3 Å². The van der Waals surface area contributed by atoms with Gasteiger partial charge >= 0.3 is 6.18 Å². The molecular weight excluding hydrogens is 529 g/mol. The highest BCUT2D eigenvalue weighted by Crippen LogP contribution is 2.43. The lowest BCUT2D eigenvalue weighted by Gasteiger charge is -2.53. The summed E-state index contributed by atoms with van der Waals surface area (Å²) in [7, 11) is -1.50. The first-order chi connectivity index (χ1) is 17.3. The molecule has 2 aliphatic carbocycles. The topological polar surface area (TPSA) is 97.8 Å². The molecule has 0 aromatic carbocycles. The Morgan fingerprint density at radius 3 is 2.46 bits per heavy atom. The summed E-state index contributed by atoms with van der Waals surface area (Å²) in [5.41, 5.74) is 3.31. The van der Waals surface area contributed by atoms with Crippen LogP contribution < -0.4 is 10.7 Å². The molecular formula is C24H40ClF3N6O2S. The van der Waals surface area contributed by atoms with Crippen molar-refractivity contribution in [1.82, 2.24) is 25.6 Å². The molecule has 6 atom stereocenters. The lowest BCUT2D eigenvalue weighted by molar-refractivity contribution is -0.204. The van der Waals surface area contributed by atoms with E-state index in [1.54, 1.807) is 0 Å². The van der Waals surface area contributed by atoms with E-state index >= 15 is 0 Å². The fraction of sp³-hybridized carbons (Fsp3) is 0.958. The molecule has 13 heteroatoms. The molecule has 0 aromatic rings. The predicted octanol–water partition coefficient (Wildman–Crippen LogP) is 2.93. The van der Waals surface area contributed by atoms with Crippen molar-refractivity contribution >= 4 is 27.6 Å². The lowest BCUT2D eigenvalue weighted by atomic mass is 9.77. The SMILES string of the molecule is CN(C(=O)C1CC([S+](C)(=N)[O-])C1)[C@@H](C1CCC(N2CCCC3C2CNC2CC(Cl)NN23)CC1)C(F)(F)F. The molecule has 3 N–H and O–H groups in total. The number of piperidine rings is 1. The van der Waals surface area contributed by atoms with Crippen LogP contribution in [0.5, 0.6) is 0 Å². The molecule has 0 spiro atoms. The Hall–Kier alpha value is -0.500. The van der Waals surface area contributed by atoms with Gasteiger partial charge < -0.3 is 9.45 Å². The number of fused-ring (bicyclic) bond motifs is 3. The summed E-state index contributed by atoms with van der Waals surface area (Å²) in [5, 5.41) is 5.47. The summed E-state index contributed by atoms with van der Waals surface area (Å²) in [6, 6.07) is -0.904. The minimum atomic E-state index is -4.50. The molecule has 212 valence electrons. The highest BCUT2D eigenvalue weighted by atomic mass is 35.5. The summed E-state index contributed by atoms with van der Waals surface area (Å²) in [6.45, 7) is 1.83. The van der Waals surface area contributed by atoms with E-state index in [4.69, 9.17) is 16.4 Å². The van der Waals surface area contributed by atoms with Crippen LogP contribution in [-0.4, -0.2) is 98.9 Å². The van der Waals surface area contributed by atoms with E-state index in [9.17, 15) is 22.5 Å². The molecule has 1 amide bonds. The van der Waals surface area contributed by atoms with E-state index < -0.39 is 45.3 Å². The largest absolute Gasteiger partial charge is 0.631 e. The van der Waals surface area contributed by atoms with Gasteiger partial charge in [0.25, 0.3) is 0 Å². The first-order valence-corrected chi connectivity index (χ1v) is 16.0. The van der Waals surface area contributed by atoms with E-state index in [1.807, 2.05) is 0 Å². The number of amides is 1. The zero-order chi connectivity index (χ0) is 26.7. The van der Waals surface area contributed by atoms with Crippen LogP contribution in [0.15, 0.2) is 0 Å². The average molecular weight is 569 g/mol. The van der Waals surface area contributed by atoms with Crippen molar-refractivity contribution in [1.29, 1.82) is 4.78 Å². The number of likely N-dealkylation sites (tertiary alicyclic amines) is 1. The summed E-state index contributed by atoms with van der Waals surface area (Å²) < 4.78 is 62.4. The number of carbonyl (C=O) groups excluding carboxylic acids is 1. The van der Waals surface area contributed by atoms with E-state index in [0.29, 0.717) is 37.8 Å². The van der Waals surface area contributed by atoms with Gasteiger partial charge in [-0.3, -0.25) is 15.0 Å². The predicted molar refractivity (Wildman–Crippen MR) is 136 cm³/mol. The molecule has 0 radical (unpaired) electrons. The Labute approximate surface area is 223 Å². The lowest BCUT2D eigenvalue weighted by Crippen LogP contribution is -2.70. The Kier molecular flexibility index (Phi) is 7.94. The zero-order valence-corrected chi connectivity index (χ0v) is 23.1. The third kappa shape index (κ3) is 5.58. The number of hydrazine groups is 1. The van der Waals surface area contributed by atoms with Crippen molar-refractivity contribution in [2.45, 2.75) is 105 Å². The van der Waals surface area contributed by atoms with Crippen LogP contribution in [0.1, 0.15) is 57.8 Å². The van der Waals surface area contributed by atoms with E-state index in [1.165, 1.54) is 13.3 Å². The average Bonchev–Trinajstić information content (AvgIpc) is 3.17. The molecule has 0 bridgehead atoms. The normalized spacial score (nSPS) is 41.7. The number of hydrogen-bond acceptors (Lipinski definition) is 7. The Bertz CT molecular complexity index is 894. The van der Waals surface area contributed by atoms with Crippen molar-refractivity contribution in [2.75, 3.05) is 26.4 Å². The number of carbonyl (C=O) groups is 1. The van der Waals surface area contributed by atoms with E-state index in [2.05, 4.69) is 20.7 Å².